The molecular formula is C29H27N5O4S. The number of benzene rings is 3. The summed E-state index contributed by atoms with van der Waals surface area (Å²) in [6, 6.07) is 29.8. The Bertz CT molecular complexity index is 1530. The molecule has 2 aromatic heterocycles. The molecule has 1 aliphatic heterocycles. The molecule has 198 valence electrons. The molecule has 5 N–H and O–H groups in total. The van der Waals surface area contributed by atoms with Gasteiger partial charge in [0.15, 0.2) is 16.8 Å². The lowest BCUT2D eigenvalue weighted by molar-refractivity contribution is -0.0942. The number of nitrogen functional groups attached to an aromatic ring is 1. The SMILES string of the molecule is Nc1nc(=S)c2ncn(C3OC(COC(c4ccccc4)(c4ccccc4)c4ccccc4)C(O)C3O)c2[nH]1. The Labute approximate surface area is 229 Å². The van der Waals surface area contributed by atoms with E-state index in [0.717, 1.165) is 16.7 Å². The van der Waals surface area contributed by atoms with Gasteiger partial charge in [-0.15, -0.1) is 0 Å². The number of imidazole rings is 1. The molecule has 3 aromatic carbocycles. The molecule has 4 atom stereocenters. The molecule has 10 heteroatoms. The van der Waals surface area contributed by atoms with Gasteiger partial charge in [0.2, 0.25) is 0 Å². The largest absolute Gasteiger partial charge is 0.387 e. The Morgan fingerprint density at radius 2 is 1.44 bits per heavy atom. The average Bonchev–Trinajstić information content (AvgIpc) is 3.51. The van der Waals surface area contributed by atoms with Crippen LogP contribution in [0.15, 0.2) is 97.3 Å². The number of nitrogens with zero attached hydrogens (tertiary/aromatic N) is 3. The number of anilines is 1. The summed E-state index contributed by atoms with van der Waals surface area (Å²) in [7, 11) is 0. The van der Waals surface area contributed by atoms with Gasteiger partial charge in [0, 0.05) is 0 Å². The van der Waals surface area contributed by atoms with Crippen LogP contribution in [0.4, 0.5) is 5.95 Å². The molecule has 0 amide bonds. The number of ether oxygens (including phenoxy) is 2. The zero-order valence-electron chi connectivity index (χ0n) is 20.8. The molecule has 1 fully saturated rings. The van der Waals surface area contributed by atoms with Crippen LogP contribution in [0.3, 0.4) is 0 Å². The van der Waals surface area contributed by atoms with Crippen molar-refractivity contribution in [2.24, 2.45) is 0 Å². The third-order valence-corrected chi connectivity index (χ3v) is 7.37. The van der Waals surface area contributed by atoms with Crippen LogP contribution in [-0.4, -0.2) is 54.7 Å². The maximum atomic E-state index is 11.1. The fraction of sp³-hybridized carbons (Fsp3) is 0.207. The van der Waals surface area contributed by atoms with Crippen LogP contribution >= 0.6 is 12.2 Å². The standard InChI is InChI=1S/C29H27N5O4S/c30-28-32-25-22(26(39)33-28)31-17-34(25)27-24(36)23(35)21(38-27)16-37-29(18-10-4-1-5-11-18,19-12-6-2-7-13-19)20-14-8-3-9-15-20/h1-15,17,21,23-24,27,35-36H,16H2,(H3,30,32,33,39). The Kier molecular flexibility index (Phi) is 6.71. The van der Waals surface area contributed by atoms with E-state index in [1.54, 1.807) is 4.57 Å². The summed E-state index contributed by atoms with van der Waals surface area (Å²) < 4.78 is 14.8. The summed E-state index contributed by atoms with van der Waals surface area (Å²) in [5.74, 6) is 0.112. The van der Waals surface area contributed by atoms with Gasteiger partial charge >= 0.3 is 0 Å². The summed E-state index contributed by atoms with van der Waals surface area (Å²) in [5, 5.41) is 22.1. The summed E-state index contributed by atoms with van der Waals surface area (Å²) in [5.41, 5.74) is 8.48. The van der Waals surface area contributed by atoms with Gasteiger partial charge in [-0.25, -0.2) is 9.97 Å². The smallest absolute Gasteiger partial charge is 0.200 e. The van der Waals surface area contributed by atoms with E-state index in [2.05, 4.69) is 15.0 Å². The molecule has 0 bridgehead atoms. The molecule has 6 rings (SSSR count). The van der Waals surface area contributed by atoms with Crippen LogP contribution in [0.2, 0.25) is 0 Å². The number of aromatic nitrogens is 4. The number of aromatic amines is 1. The lowest BCUT2D eigenvalue weighted by atomic mass is 9.80. The van der Waals surface area contributed by atoms with Crippen LogP contribution < -0.4 is 5.73 Å². The third-order valence-electron chi connectivity index (χ3n) is 7.08. The van der Waals surface area contributed by atoms with Crippen molar-refractivity contribution in [1.29, 1.82) is 0 Å². The van der Waals surface area contributed by atoms with Crippen molar-refractivity contribution in [3.8, 4) is 0 Å². The quantitative estimate of drug-likeness (QED) is 0.181. The second-order valence-corrected chi connectivity index (χ2v) is 9.80. The van der Waals surface area contributed by atoms with Crippen molar-refractivity contribution in [3.63, 3.8) is 0 Å². The molecule has 1 aliphatic rings. The van der Waals surface area contributed by atoms with Crippen molar-refractivity contribution < 1.29 is 19.7 Å². The van der Waals surface area contributed by atoms with Crippen molar-refractivity contribution in [2.45, 2.75) is 30.1 Å². The van der Waals surface area contributed by atoms with E-state index in [-0.39, 0.29) is 17.2 Å². The first-order chi connectivity index (χ1) is 19.0. The van der Waals surface area contributed by atoms with Crippen molar-refractivity contribution in [1.82, 2.24) is 19.5 Å². The van der Waals surface area contributed by atoms with E-state index in [0.29, 0.717) is 11.2 Å². The molecule has 3 heterocycles. The maximum Gasteiger partial charge on any atom is 0.200 e. The molecule has 5 aromatic rings. The number of hydrogen-bond acceptors (Lipinski definition) is 8. The number of nitrogens with one attached hydrogen (secondary N) is 1. The highest BCUT2D eigenvalue weighted by Crippen LogP contribution is 2.42. The number of hydrogen-bond donors (Lipinski definition) is 4. The Hall–Kier alpha value is -3.93. The first kappa shape index (κ1) is 25.4. The first-order valence-electron chi connectivity index (χ1n) is 12.5. The zero-order chi connectivity index (χ0) is 27.0. The van der Waals surface area contributed by atoms with Gasteiger partial charge < -0.3 is 30.4 Å². The van der Waals surface area contributed by atoms with Gasteiger partial charge in [0.1, 0.15) is 35.1 Å². The van der Waals surface area contributed by atoms with E-state index >= 15 is 0 Å². The predicted molar refractivity (Wildman–Crippen MR) is 148 cm³/mol. The molecule has 9 nitrogen and oxygen atoms in total. The molecule has 0 saturated carbocycles. The second-order valence-electron chi connectivity index (χ2n) is 9.41. The normalized spacial score (nSPS) is 21.4. The third kappa shape index (κ3) is 4.42. The first-order valence-corrected chi connectivity index (χ1v) is 12.9. The van der Waals surface area contributed by atoms with Crippen molar-refractivity contribution >= 4 is 29.3 Å². The second kappa shape index (κ2) is 10.3. The van der Waals surface area contributed by atoms with Crippen molar-refractivity contribution in [3.05, 3.63) is 119 Å². The highest BCUT2D eigenvalue weighted by atomic mass is 32.1. The summed E-state index contributed by atoms with van der Waals surface area (Å²) >= 11 is 5.27. The lowest BCUT2D eigenvalue weighted by Gasteiger charge is -2.37. The van der Waals surface area contributed by atoms with E-state index in [1.807, 2.05) is 91.0 Å². The average molecular weight is 542 g/mol. The van der Waals surface area contributed by atoms with Crippen molar-refractivity contribution in [2.75, 3.05) is 12.3 Å². The predicted octanol–water partition coefficient (Wildman–Crippen LogP) is 3.70. The molecule has 0 aliphatic carbocycles. The Morgan fingerprint density at radius 3 is 1.97 bits per heavy atom. The van der Waals surface area contributed by atoms with Gasteiger partial charge in [-0.1, -0.05) is 103 Å². The molecule has 0 radical (unpaired) electrons. The molecule has 1 saturated heterocycles. The number of H-pyrrole nitrogens is 1. The van der Waals surface area contributed by atoms with Crippen LogP contribution in [0.1, 0.15) is 22.9 Å². The summed E-state index contributed by atoms with van der Waals surface area (Å²) in [6.07, 6.45) is -2.81. The number of nitrogens with two attached hydrogens (primary N) is 1. The van der Waals surface area contributed by atoms with Gasteiger partial charge in [-0.2, -0.15) is 0 Å². The van der Waals surface area contributed by atoms with Crippen LogP contribution in [0.25, 0.3) is 11.2 Å². The maximum absolute atomic E-state index is 11.1. The molecular weight excluding hydrogens is 514 g/mol. The van der Waals surface area contributed by atoms with Gasteiger partial charge in [0.05, 0.1) is 12.9 Å². The van der Waals surface area contributed by atoms with E-state index in [1.165, 1.54) is 6.33 Å². The van der Waals surface area contributed by atoms with E-state index in [4.69, 9.17) is 27.4 Å². The minimum atomic E-state index is -1.26. The van der Waals surface area contributed by atoms with E-state index in [9.17, 15) is 10.2 Å². The zero-order valence-corrected chi connectivity index (χ0v) is 21.6. The fourth-order valence-electron chi connectivity index (χ4n) is 5.22. The van der Waals surface area contributed by atoms with Gasteiger partial charge in [-0.3, -0.25) is 4.57 Å². The molecule has 4 unspecified atom stereocenters. The van der Waals surface area contributed by atoms with Crippen LogP contribution in [-0.2, 0) is 15.1 Å². The topological polar surface area (TPSA) is 131 Å². The Balaban J connectivity index is 1.37. The number of rotatable bonds is 7. The number of fused-ring (bicyclic) bond motifs is 1. The number of aliphatic hydroxyl groups excluding tert-OH is 2. The van der Waals surface area contributed by atoms with Gasteiger partial charge in [-0.05, 0) is 16.7 Å². The highest BCUT2D eigenvalue weighted by Gasteiger charge is 2.46. The monoisotopic (exact) mass is 541 g/mol. The van der Waals surface area contributed by atoms with E-state index < -0.39 is 30.1 Å². The van der Waals surface area contributed by atoms with Crippen LogP contribution in [0.5, 0.6) is 0 Å². The summed E-state index contributed by atoms with van der Waals surface area (Å²) in [6.45, 7) is -0.0142. The molecule has 0 spiro atoms. The fourth-order valence-corrected chi connectivity index (χ4v) is 5.47. The lowest BCUT2D eigenvalue weighted by Crippen LogP contribution is -2.39. The molecule has 39 heavy (non-hydrogen) atoms. The summed E-state index contributed by atoms with van der Waals surface area (Å²) in [4.78, 5) is 11.2. The highest BCUT2D eigenvalue weighted by molar-refractivity contribution is 7.71. The van der Waals surface area contributed by atoms with Crippen LogP contribution in [0, 0.1) is 4.64 Å². The number of aliphatic hydroxyl groups is 2. The Morgan fingerprint density at radius 1 is 0.897 bits per heavy atom. The van der Waals surface area contributed by atoms with Gasteiger partial charge in [0.25, 0.3) is 0 Å². The minimum Gasteiger partial charge on any atom is -0.387 e. The minimum absolute atomic E-state index is 0.0142.